The summed E-state index contributed by atoms with van der Waals surface area (Å²) in [5.74, 6) is 0. The second-order valence-electron chi connectivity index (χ2n) is 4.72. The van der Waals surface area contributed by atoms with Gasteiger partial charge >= 0.3 is 0 Å². The van der Waals surface area contributed by atoms with E-state index in [1.807, 2.05) is 11.3 Å². The van der Waals surface area contributed by atoms with Gasteiger partial charge in [-0.15, -0.1) is 11.3 Å². The molecule has 1 aliphatic heterocycles. The lowest BCUT2D eigenvalue weighted by atomic mass is 9.77. The predicted octanol–water partition coefficient (Wildman–Crippen LogP) is 2.59. The molecule has 0 amide bonds. The number of thiophene rings is 1. The third-order valence-corrected chi connectivity index (χ3v) is 4.90. The van der Waals surface area contributed by atoms with Gasteiger partial charge in [0.25, 0.3) is 0 Å². The van der Waals surface area contributed by atoms with E-state index in [9.17, 15) is 0 Å². The van der Waals surface area contributed by atoms with Crippen LogP contribution in [-0.2, 0) is 10.2 Å². The van der Waals surface area contributed by atoms with Crippen LogP contribution < -0.4 is 5.73 Å². The second-order valence-corrected chi connectivity index (χ2v) is 5.67. The minimum Gasteiger partial charge on any atom is -0.370 e. The molecule has 1 spiro atoms. The number of rotatable bonds is 1. The standard InChI is InChI=1S/C12H17NOS/c13-7-10-11-9(3-6-15-11)12(8-14-10)4-1-2-5-12/h3,6,10H,1-2,4-5,7-8,13H2. The molecule has 0 radical (unpaired) electrons. The molecule has 82 valence electrons. The quantitative estimate of drug-likeness (QED) is 0.794. The Morgan fingerprint density at radius 3 is 3.00 bits per heavy atom. The highest BCUT2D eigenvalue weighted by molar-refractivity contribution is 7.10. The van der Waals surface area contributed by atoms with Crippen LogP contribution in [0.5, 0.6) is 0 Å². The largest absolute Gasteiger partial charge is 0.370 e. The van der Waals surface area contributed by atoms with Crippen LogP contribution >= 0.6 is 11.3 Å². The van der Waals surface area contributed by atoms with E-state index in [4.69, 9.17) is 10.5 Å². The highest BCUT2D eigenvalue weighted by Crippen LogP contribution is 2.49. The van der Waals surface area contributed by atoms with Crippen LogP contribution in [0.25, 0.3) is 0 Å². The second kappa shape index (κ2) is 3.58. The Hall–Kier alpha value is -0.380. The third kappa shape index (κ3) is 1.37. The molecule has 0 aromatic carbocycles. The Kier molecular flexibility index (Phi) is 2.34. The predicted molar refractivity (Wildman–Crippen MR) is 62.2 cm³/mol. The average molecular weight is 223 g/mol. The van der Waals surface area contributed by atoms with E-state index in [0.717, 1.165) is 6.61 Å². The Labute approximate surface area is 94.4 Å². The summed E-state index contributed by atoms with van der Waals surface area (Å²) in [6, 6.07) is 2.30. The van der Waals surface area contributed by atoms with Gasteiger partial charge in [0.1, 0.15) is 6.10 Å². The van der Waals surface area contributed by atoms with E-state index >= 15 is 0 Å². The van der Waals surface area contributed by atoms with Gasteiger partial charge in [0, 0.05) is 16.8 Å². The summed E-state index contributed by atoms with van der Waals surface area (Å²) in [6.45, 7) is 1.50. The highest BCUT2D eigenvalue weighted by Gasteiger charge is 2.42. The van der Waals surface area contributed by atoms with Gasteiger partial charge in [-0.1, -0.05) is 12.8 Å². The van der Waals surface area contributed by atoms with Gasteiger partial charge in [-0.25, -0.2) is 0 Å². The van der Waals surface area contributed by atoms with E-state index in [2.05, 4.69) is 11.4 Å². The number of nitrogens with two attached hydrogens (primary N) is 1. The fraction of sp³-hybridized carbons (Fsp3) is 0.667. The molecule has 1 fully saturated rings. The molecule has 1 aromatic heterocycles. The number of hydrogen-bond donors (Lipinski definition) is 1. The van der Waals surface area contributed by atoms with Crippen molar-refractivity contribution in [2.45, 2.75) is 37.2 Å². The normalized spacial score (nSPS) is 28.2. The molecule has 2 aliphatic rings. The Balaban J connectivity index is 2.03. The summed E-state index contributed by atoms with van der Waals surface area (Å²) in [4.78, 5) is 1.39. The SMILES string of the molecule is NCC1OCC2(CCCC2)c2ccsc21. The summed E-state index contributed by atoms with van der Waals surface area (Å²) in [5, 5.41) is 2.20. The summed E-state index contributed by atoms with van der Waals surface area (Å²) in [7, 11) is 0. The molecular weight excluding hydrogens is 206 g/mol. The van der Waals surface area contributed by atoms with E-state index < -0.39 is 0 Å². The van der Waals surface area contributed by atoms with Crippen molar-refractivity contribution in [1.82, 2.24) is 0 Å². The minimum atomic E-state index is 0.159. The number of ether oxygens (including phenoxy) is 1. The van der Waals surface area contributed by atoms with Crippen LogP contribution in [0, 0.1) is 0 Å². The van der Waals surface area contributed by atoms with Crippen LogP contribution in [0.4, 0.5) is 0 Å². The van der Waals surface area contributed by atoms with Crippen molar-refractivity contribution in [3.8, 4) is 0 Å². The van der Waals surface area contributed by atoms with Crippen LogP contribution in [0.2, 0.25) is 0 Å². The maximum atomic E-state index is 5.94. The zero-order valence-corrected chi connectivity index (χ0v) is 9.69. The zero-order valence-electron chi connectivity index (χ0n) is 8.87. The Morgan fingerprint density at radius 1 is 1.47 bits per heavy atom. The van der Waals surface area contributed by atoms with Crippen molar-refractivity contribution < 1.29 is 4.74 Å². The van der Waals surface area contributed by atoms with E-state index in [-0.39, 0.29) is 6.10 Å². The lowest BCUT2D eigenvalue weighted by Gasteiger charge is -2.37. The molecule has 2 N–H and O–H groups in total. The smallest absolute Gasteiger partial charge is 0.104 e. The van der Waals surface area contributed by atoms with Crippen LogP contribution in [0.15, 0.2) is 11.4 Å². The first-order valence-electron chi connectivity index (χ1n) is 5.75. The zero-order chi connectivity index (χ0) is 10.3. The molecule has 1 aliphatic carbocycles. The summed E-state index contributed by atoms with van der Waals surface area (Å²) in [6.07, 6.45) is 5.46. The van der Waals surface area contributed by atoms with Gasteiger partial charge in [0.15, 0.2) is 0 Å². The van der Waals surface area contributed by atoms with Gasteiger partial charge in [-0.2, -0.15) is 0 Å². The van der Waals surface area contributed by atoms with Gasteiger partial charge in [-0.05, 0) is 29.9 Å². The Bertz CT molecular complexity index is 354. The maximum absolute atomic E-state index is 5.94. The molecule has 2 nitrogen and oxygen atoms in total. The van der Waals surface area contributed by atoms with Gasteiger partial charge < -0.3 is 10.5 Å². The summed E-state index contributed by atoms with van der Waals surface area (Å²) in [5.41, 5.74) is 7.64. The monoisotopic (exact) mass is 223 g/mol. The molecule has 3 heteroatoms. The highest BCUT2D eigenvalue weighted by atomic mass is 32.1. The lowest BCUT2D eigenvalue weighted by Crippen LogP contribution is -2.36. The molecule has 0 saturated heterocycles. The molecule has 0 bridgehead atoms. The molecule has 1 saturated carbocycles. The molecule has 1 unspecified atom stereocenters. The number of fused-ring (bicyclic) bond motifs is 2. The van der Waals surface area contributed by atoms with E-state index in [1.54, 1.807) is 5.56 Å². The first kappa shape index (κ1) is 9.82. The molecular formula is C12H17NOS. The molecule has 1 atom stereocenters. The number of hydrogen-bond acceptors (Lipinski definition) is 3. The van der Waals surface area contributed by atoms with E-state index in [0.29, 0.717) is 12.0 Å². The Morgan fingerprint density at radius 2 is 2.27 bits per heavy atom. The van der Waals surface area contributed by atoms with Gasteiger partial charge in [-0.3, -0.25) is 0 Å². The van der Waals surface area contributed by atoms with E-state index in [1.165, 1.54) is 30.6 Å². The first-order chi connectivity index (χ1) is 7.36. The van der Waals surface area contributed by atoms with Crippen LogP contribution in [0.3, 0.4) is 0 Å². The molecule has 15 heavy (non-hydrogen) atoms. The van der Waals surface area contributed by atoms with Crippen molar-refractivity contribution >= 4 is 11.3 Å². The van der Waals surface area contributed by atoms with Crippen LogP contribution in [-0.4, -0.2) is 13.2 Å². The summed E-state index contributed by atoms with van der Waals surface area (Å²) < 4.78 is 5.94. The van der Waals surface area contributed by atoms with Crippen molar-refractivity contribution in [1.29, 1.82) is 0 Å². The summed E-state index contributed by atoms with van der Waals surface area (Å²) >= 11 is 1.81. The fourth-order valence-corrected chi connectivity index (χ4v) is 4.14. The molecule has 2 heterocycles. The van der Waals surface area contributed by atoms with Crippen molar-refractivity contribution in [2.24, 2.45) is 5.73 Å². The van der Waals surface area contributed by atoms with Crippen molar-refractivity contribution in [3.05, 3.63) is 21.9 Å². The van der Waals surface area contributed by atoms with Crippen LogP contribution in [0.1, 0.15) is 42.2 Å². The molecule has 1 aromatic rings. The topological polar surface area (TPSA) is 35.2 Å². The van der Waals surface area contributed by atoms with Crippen molar-refractivity contribution in [3.63, 3.8) is 0 Å². The molecule has 3 rings (SSSR count). The van der Waals surface area contributed by atoms with Crippen molar-refractivity contribution in [2.75, 3.05) is 13.2 Å². The average Bonchev–Trinajstić information content (AvgIpc) is 2.88. The first-order valence-corrected chi connectivity index (χ1v) is 6.63. The maximum Gasteiger partial charge on any atom is 0.104 e. The fourth-order valence-electron chi connectivity index (χ4n) is 3.06. The minimum absolute atomic E-state index is 0.159. The van der Waals surface area contributed by atoms with Gasteiger partial charge in [0.05, 0.1) is 6.61 Å². The van der Waals surface area contributed by atoms with Gasteiger partial charge in [0.2, 0.25) is 0 Å². The lowest BCUT2D eigenvalue weighted by molar-refractivity contribution is 0.00657. The third-order valence-electron chi connectivity index (χ3n) is 3.89.